The Hall–Kier alpha value is -3.45. The maximum Gasteiger partial charge on any atom is 0.343 e. The van der Waals surface area contributed by atoms with Gasteiger partial charge in [0.15, 0.2) is 0 Å². The van der Waals surface area contributed by atoms with Crippen LogP contribution in [0.3, 0.4) is 0 Å². The number of aryl methyl sites for hydroxylation is 1. The summed E-state index contributed by atoms with van der Waals surface area (Å²) in [6.07, 6.45) is 1.49. The summed E-state index contributed by atoms with van der Waals surface area (Å²) in [7, 11) is 0. The Morgan fingerprint density at radius 3 is 2.63 bits per heavy atom. The number of halogens is 1. The standard InChI is InChI=1S/C23H20BrN3O3/c1-16-6-2-3-11-21(16)25-15-22(28)27-26-14-17-7-4-10-20(12-17)30-23(29)18-8-5-9-19(24)13-18/h2-14,25H,15H2,1H3,(H,27,28)/b26-14-. The van der Waals surface area contributed by atoms with Crippen LogP contribution in [0.2, 0.25) is 0 Å². The number of benzene rings is 3. The number of para-hydroxylation sites is 1. The molecule has 152 valence electrons. The summed E-state index contributed by atoms with van der Waals surface area (Å²) >= 11 is 3.33. The van der Waals surface area contributed by atoms with Gasteiger partial charge in [-0.2, -0.15) is 5.10 Å². The Bertz CT molecular complexity index is 1080. The van der Waals surface area contributed by atoms with E-state index < -0.39 is 5.97 Å². The number of nitrogens with zero attached hydrogens (tertiary/aromatic N) is 1. The predicted octanol–water partition coefficient (Wildman–Crippen LogP) is 4.54. The van der Waals surface area contributed by atoms with Crippen LogP contribution in [-0.4, -0.2) is 24.6 Å². The van der Waals surface area contributed by atoms with Gasteiger partial charge in [0.2, 0.25) is 0 Å². The average Bonchev–Trinajstić information content (AvgIpc) is 2.73. The van der Waals surface area contributed by atoms with Crippen molar-refractivity contribution in [2.45, 2.75) is 6.92 Å². The largest absolute Gasteiger partial charge is 0.423 e. The van der Waals surface area contributed by atoms with Crippen molar-refractivity contribution < 1.29 is 14.3 Å². The van der Waals surface area contributed by atoms with Crippen LogP contribution in [0.4, 0.5) is 5.69 Å². The third-order valence-electron chi connectivity index (χ3n) is 4.12. The van der Waals surface area contributed by atoms with Gasteiger partial charge in [-0.3, -0.25) is 4.79 Å². The molecule has 0 aliphatic rings. The molecule has 0 saturated carbocycles. The van der Waals surface area contributed by atoms with Crippen LogP contribution in [0.5, 0.6) is 5.75 Å². The number of carbonyl (C=O) groups is 2. The van der Waals surface area contributed by atoms with Crippen molar-refractivity contribution in [3.63, 3.8) is 0 Å². The summed E-state index contributed by atoms with van der Waals surface area (Å²) < 4.78 is 6.20. The highest BCUT2D eigenvalue weighted by Crippen LogP contribution is 2.17. The van der Waals surface area contributed by atoms with E-state index in [0.29, 0.717) is 16.9 Å². The molecule has 3 aromatic rings. The van der Waals surface area contributed by atoms with Gasteiger partial charge < -0.3 is 10.1 Å². The van der Waals surface area contributed by atoms with E-state index in [0.717, 1.165) is 15.7 Å². The van der Waals surface area contributed by atoms with Crippen molar-refractivity contribution in [2.24, 2.45) is 5.10 Å². The zero-order valence-electron chi connectivity index (χ0n) is 16.3. The lowest BCUT2D eigenvalue weighted by Gasteiger charge is -2.08. The number of esters is 1. The first kappa shape index (κ1) is 21.3. The Morgan fingerprint density at radius 2 is 1.83 bits per heavy atom. The average molecular weight is 466 g/mol. The molecule has 3 aromatic carbocycles. The second-order valence-electron chi connectivity index (χ2n) is 6.43. The van der Waals surface area contributed by atoms with Gasteiger partial charge in [-0.05, 0) is 54.4 Å². The Kier molecular flexibility index (Phi) is 7.34. The molecule has 0 atom stereocenters. The van der Waals surface area contributed by atoms with E-state index in [2.05, 4.69) is 31.8 Å². The summed E-state index contributed by atoms with van der Waals surface area (Å²) in [6, 6.07) is 21.6. The molecule has 6 nitrogen and oxygen atoms in total. The van der Waals surface area contributed by atoms with Gasteiger partial charge >= 0.3 is 5.97 Å². The van der Waals surface area contributed by atoms with Crippen molar-refractivity contribution in [2.75, 3.05) is 11.9 Å². The van der Waals surface area contributed by atoms with Crippen LogP contribution in [0.15, 0.2) is 82.4 Å². The zero-order chi connectivity index (χ0) is 21.3. The van der Waals surface area contributed by atoms with E-state index in [1.54, 1.807) is 42.5 Å². The van der Waals surface area contributed by atoms with E-state index in [4.69, 9.17) is 4.74 Å². The Balaban J connectivity index is 1.53. The Morgan fingerprint density at radius 1 is 1.03 bits per heavy atom. The quantitative estimate of drug-likeness (QED) is 0.232. The lowest BCUT2D eigenvalue weighted by atomic mass is 10.2. The second kappa shape index (κ2) is 10.4. The fourth-order valence-electron chi connectivity index (χ4n) is 2.60. The summed E-state index contributed by atoms with van der Waals surface area (Å²) in [5.41, 5.74) is 5.55. The number of anilines is 1. The van der Waals surface area contributed by atoms with Gasteiger partial charge in [0, 0.05) is 10.2 Å². The molecule has 0 spiro atoms. The number of nitrogens with one attached hydrogen (secondary N) is 2. The van der Waals surface area contributed by atoms with Gasteiger partial charge in [0.25, 0.3) is 5.91 Å². The highest BCUT2D eigenvalue weighted by Gasteiger charge is 2.09. The number of hydrazone groups is 1. The highest BCUT2D eigenvalue weighted by atomic mass is 79.9. The minimum atomic E-state index is -0.457. The molecule has 0 radical (unpaired) electrons. The molecule has 0 aliphatic heterocycles. The van der Waals surface area contributed by atoms with Crippen LogP contribution in [0, 0.1) is 6.92 Å². The van der Waals surface area contributed by atoms with Crippen molar-refractivity contribution in [3.05, 3.63) is 94.0 Å². The smallest absolute Gasteiger partial charge is 0.343 e. The van der Waals surface area contributed by atoms with Gasteiger partial charge in [-0.1, -0.05) is 52.3 Å². The predicted molar refractivity (Wildman–Crippen MR) is 121 cm³/mol. The monoisotopic (exact) mass is 465 g/mol. The molecule has 0 unspecified atom stereocenters. The van der Waals surface area contributed by atoms with Crippen LogP contribution in [0.1, 0.15) is 21.5 Å². The minimum absolute atomic E-state index is 0.104. The molecule has 2 N–H and O–H groups in total. The van der Waals surface area contributed by atoms with E-state index in [9.17, 15) is 9.59 Å². The van der Waals surface area contributed by atoms with Crippen LogP contribution >= 0.6 is 15.9 Å². The zero-order valence-corrected chi connectivity index (χ0v) is 17.8. The number of rotatable bonds is 7. The van der Waals surface area contributed by atoms with E-state index >= 15 is 0 Å². The maximum atomic E-state index is 12.3. The fourth-order valence-corrected chi connectivity index (χ4v) is 3.00. The van der Waals surface area contributed by atoms with Gasteiger partial charge in [0.1, 0.15) is 5.75 Å². The number of ether oxygens (including phenoxy) is 1. The molecule has 1 amide bonds. The molecule has 0 heterocycles. The summed E-state index contributed by atoms with van der Waals surface area (Å²) in [5, 5.41) is 7.02. The molecule has 0 saturated heterocycles. The van der Waals surface area contributed by atoms with Gasteiger partial charge in [-0.25, -0.2) is 10.2 Å². The molecule has 30 heavy (non-hydrogen) atoms. The third kappa shape index (κ3) is 6.28. The van der Waals surface area contributed by atoms with Gasteiger partial charge in [-0.15, -0.1) is 0 Å². The van der Waals surface area contributed by atoms with Crippen molar-refractivity contribution in [1.82, 2.24) is 5.43 Å². The lowest BCUT2D eigenvalue weighted by molar-refractivity contribution is -0.119. The number of carbonyl (C=O) groups excluding carboxylic acids is 2. The minimum Gasteiger partial charge on any atom is -0.423 e. The number of amides is 1. The van der Waals surface area contributed by atoms with Crippen molar-refractivity contribution in [3.8, 4) is 5.75 Å². The molecule has 0 aliphatic carbocycles. The normalized spacial score (nSPS) is 10.6. The molecule has 0 bridgehead atoms. The molecule has 7 heteroatoms. The van der Waals surface area contributed by atoms with Crippen LogP contribution in [0.25, 0.3) is 0 Å². The Labute approximate surface area is 183 Å². The number of hydrogen-bond donors (Lipinski definition) is 2. The van der Waals surface area contributed by atoms with Gasteiger partial charge in [0.05, 0.1) is 18.3 Å². The van der Waals surface area contributed by atoms with E-state index in [-0.39, 0.29) is 12.5 Å². The first-order chi connectivity index (χ1) is 14.5. The molecule has 0 fully saturated rings. The van der Waals surface area contributed by atoms with E-state index in [1.165, 1.54) is 6.21 Å². The van der Waals surface area contributed by atoms with E-state index in [1.807, 2.05) is 37.3 Å². The van der Waals surface area contributed by atoms with Crippen LogP contribution < -0.4 is 15.5 Å². The second-order valence-corrected chi connectivity index (χ2v) is 7.35. The fraction of sp³-hybridized carbons (Fsp3) is 0.0870. The van der Waals surface area contributed by atoms with Crippen molar-refractivity contribution in [1.29, 1.82) is 0 Å². The number of hydrogen-bond acceptors (Lipinski definition) is 5. The highest BCUT2D eigenvalue weighted by molar-refractivity contribution is 9.10. The maximum absolute atomic E-state index is 12.3. The first-order valence-electron chi connectivity index (χ1n) is 9.20. The summed E-state index contributed by atoms with van der Waals surface area (Å²) in [6.45, 7) is 2.07. The SMILES string of the molecule is Cc1ccccc1NCC(=O)N/N=C\c1cccc(OC(=O)c2cccc(Br)c2)c1. The molecule has 3 rings (SSSR count). The first-order valence-corrected chi connectivity index (χ1v) is 10.00. The lowest BCUT2D eigenvalue weighted by Crippen LogP contribution is -2.26. The summed E-state index contributed by atoms with van der Waals surface area (Å²) in [5.74, 6) is -0.343. The molecular formula is C23H20BrN3O3. The molecule has 0 aromatic heterocycles. The topological polar surface area (TPSA) is 79.8 Å². The molecular weight excluding hydrogens is 446 g/mol. The third-order valence-corrected chi connectivity index (χ3v) is 4.61. The van der Waals surface area contributed by atoms with Crippen molar-refractivity contribution >= 4 is 39.7 Å². The van der Waals surface area contributed by atoms with Crippen LogP contribution in [-0.2, 0) is 4.79 Å². The summed E-state index contributed by atoms with van der Waals surface area (Å²) in [4.78, 5) is 24.2.